The summed E-state index contributed by atoms with van der Waals surface area (Å²) < 4.78 is 15.8. The fourth-order valence-electron chi connectivity index (χ4n) is 2.65. The standard InChI is InChI=1S/C12H24N2O9/c13-5-9(19)10(4(2-16)21-11(5)20)23-12-6(14)8(18)7(17)3(1-15)22-12/h3-12,15-20H,1-2,13-14H2/t3-,4-,5-,6-,7+,8-,9-,10+,11+,12-/m1/s1. The van der Waals surface area contributed by atoms with Crippen LogP contribution < -0.4 is 11.5 Å². The Hall–Kier alpha value is -0.440. The summed E-state index contributed by atoms with van der Waals surface area (Å²) in [7, 11) is 0. The molecular formula is C12H24N2O9. The minimum Gasteiger partial charge on any atom is -0.394 e. The molecule has 0 unspecified atom stereocenters. The lowest BCUT2D eigenvalue weighted by Crippen LogP contribution is -2.67. The van der Waals surface area contributed by atoms with Gasteiger partial charge in [0.1, 0.15) is 36.6 Å². The van der Waals surface area contributed by atoms with E-state index < -0.39 is 74.5 Å². The van der Waals surface area contributed by atoms with Gasteiger partial charge in [0, 0.05) is 0 Å². The Morgan fingerprint density at radius 2 is 1.39 bits per heavy atom. The molecule has 2 fully saturated rings. The molecule has 0 aliphatic carbocycles. The Balaban J connectivity index is 2.11. The highest BCUT2D eigenvalue weighted by molar-refractivity contribution is 4.95. The van der Waals surface area contributed by atoms with Crippen molar-refractivity contribution in [2.24, 2.45) is 11.5 Å². The molecule has 2 aliphatic heterocycles. The third-order valence-corrected chi connectivity index (χ3v) is 4.14. The van der Waals surface area contributed by atoms with Gasteiger partial charge in [0.05, 0.1) is 25.3 Å². The second-order valence-corrected chi connectivity index (χ2v) is 5.70. The first-order chi connectivity index (χ1) is 10.8. The van der Waals surface area contributed by atoms with Gasteiger partial charge in [0.25, 0.3) is 0 Å². The molecule has 0 saturated carbocycles. The third kappa shape index (κ3) is 3.65. The van der Waals surface area contributed by atoms with E-state index >= 15 is 0 Å². The quantitative estimate of drug-likeness (QED) is 0.242. The van der Waals surface area contributed by atoms with Crippen molar-refractivity contribution in [1.29, 1.82) is 0 Å². The highest BCUT2D eigenvalue weighted by atomic mass is 16.7. The van der Waals surface area contributed by atoms with E-state index in [1.807, 2.05) is 0 Å². The predicted octanol–water partition coefficient (Wildman–Crippen LogP) is -5.46. The van der Waals surface area contributed by atoms with Crippen molar-refractivity contribution in [1.82, 2.24) is 0 Å². The van der Waals surface area contributed by atoms with Gasteiger partial charge in [-0.25, -0.2) is 0 Å². The van der Waals surface area contributed by atoms with Crippen LogP contribution in [0, 0.1) is 0 Å². The normalized spacial score (nSPS) is 51.7. The van der Waals surface area contributed by atoms with Crippen molar-refractivity contribution in [2.75, 3.05) is 13.2 Å². The number of nitrogens with two attached hydrogens (primary N) is 2. The Morgan fingerprint density at radius 1 is 0.783 bits per heavy atom. The maximum Gasteiger partial charge on any atom is 0.176 e. The summed E-state index contributed by atoms with van der Waals surface area (Å²) in [6, 6.07) is -2.37. The van der Waals surface area contributed by atoms with E-state index in [2.05, 4.69) is 0 Å². The van der Waals surface area contributed by atoms with Gasteiger partial charge < -0.3 is 56.3 Å². The highest BCUT2D eigenvalue weighted by Crippen LogP contribution is 2.27. The van der Waals surface area contributed by atoms with Crippen molar-refractivity contribution >= 4 is 0 Å². The molecule has 2 rings (SSSR count). The number of hydrogen-bond acceptors (Lipinski definition) is 11. The first-order valence-electron chi connectivity index (χ1n) is 7.23. The lowest BCUT2D eigenvalue weighted by Gasteiger charge is -2.45. The van der Waals surface area contributed by atoms with Crippen LogP contribution in [-0.2, 0) is 14.2 Å². The molecule has 136 valence electrons. The van der Waals surface area contributed by atoms with Crippen molar-refractivity contribution in [3.05, 3.63) is 0 Å². The van der Waals surface area contributed by atoms with E-state index in [4.69, 9.17) is 30.8 Å². The van der Waals surface area contributed by atoms with Gasteiger partial charge in [-0.3, -0.25) is 0 Å². The molecule has 0 radical (unpaired) electrons. The summed E-state index contributed by atoms with van der Waals surface area (Å²) in [5, 5.41) is 57.7. The van der Waals surface area contributed by atoms with Crippen molar-refractivity contribution in [2.45, 2.75) is 61.3 Å². The zero-order chi connectivity index (χ0) is 17.3. The predicted molar refractivity (Wildman–Crippen MR) is 72.6 cm³/mol. The third-order valence-electron chi connectivity index (χ3n) is 4.14. The van der Waals surface area contributed by atoms with Crippen LogP contribution in [0.1, 0.15) is 0 Å². The lowest BCUT2D eigenvalue weighted by atomic mass is 9.95. The molecular weight excluding hydrogens is 316 g/mol. The summed E-state index contributed by atoms with van der Waals surface area (Å²) in [5.41, 5.74) is 11.3. The Morgan fingerprint density at radius 3 is 1.96 bits per heavy atom. The molecule has 2 aliphatic rings. The number of aliphatic hydroxyl groups is 6. The van der Waals surface area contributed by atoms with Crippen molar-refractivity contribution in [3.63, 3.8) is 0 Å². The number of aliphatic hydroxyl groups excluding tert-OH is 6. The maximum absolute atomic E-state index is 10.1. The van der Waals surface area contributed by atoms with Gasteiger partial charge in [-0.05, 0) is 0 Å². The van der Waals surface area contributed by atoms with Crippen LogP contribution in [0.25, 0.3) is 0 Å². The van der Waals surface area contributed by atoms with E-state index in [1.165, 1.54) is 0 Å². The van der Waals surface area contributed by atoms with E-state index in [-0.39, 0.29) is 0 Å². The molecule has 0 aromatic heterocycles. The average molecular weight is 340 g/mol. The van der Waals surface area contributed by atoms with Gasteiger partial charge in [0.2, 0.25) is 0 Å². The topological polar surface area (TPSA) is 201 Å². The van der Waals surface area contributed by atoms with Gasteiger partial charge >= 0.3 is 0 Å². The molecule has 0 aromatic carbocycles. The Labute approximate surface area is 132 Å². The summed E-state index contributed by atoms with van der Waals surface area (Å²) in [6.07, 6.45) is -10.5. The van der Waals surface area contributed by atoms with Crippen LogP contribution in [0.2, 0.25) is 0 Å². The van der Waals surface area contributed by atoms with Crippen LogP contribution in [-0.4, -0.2) is 105 Å². The van der Waals surface area contributed by atoms with Crippen LogP contribution in [0.3, 0.4) is 0 Å². The summed E-state index contributed by atoms with van der Waals surface area (Å²) in [6.45, 7) is -1.17. The Bertz CT molecular complexity index is 386. The van der Waals surface area contributed by atoms with Gasteiger partial charge in [-0.2, -0.15) is 0 Å². The zero-order valence-electron chi connectivity index (χ0n) is 12.3. The minimum atomic E-state index is -1.49. The second kappa shape index (κ2) is 7.63. The van der Waals surface area contributed by atoms with E-state index in [1.54, 1.807) is 0 Å². The molecule has 0 spiro atoms. The van der Waals surface area contributed by atoms with E-state index in [0.717, 1.165) is 0 Å². The molecule has 11 heteroatoms. The van der Waals surface area contributed by atoms with Crippen LogP contribution >= 0.6 is 0 Å². The largest absolute Gasteiger partial charge is 0.394 e. The molecule has 0 bridgehead atoms. The lowest BCUT2D eigenvalue weighted by molar-refractivity contribution is -0.324. The van der Waals surface area contributed by atoms with Gasteiger partial charge in [0.15, 0.2) is 12.6 Å². The first kappa shape index (κ1) is 18.9. The maximum atomic E-state index is 10.1. The molecule has 2 heterocycles. The summed E-state index contributed by atoms with van der Waals surface area (Å²) in [5.74, 6) is 0. The fraction of sp³-hybridized carbons (Fsp3) is 1.00. The van der Waals surface area contributed by atoms with Crippen LogP contribution in [0.5, 0.6) is 0 Å². The van der Waals surface area contributed by atoms with Gasteiger partial charge in [-0.1, -0.05) is 0 Å². The van der Waals surface area contributed by atoms with Gasteiger partial charge in [-0.15, -0.1) is 0 Å². The number of ether oxygens (including phenoxy) is 3. The molecule has 11 nitrogen and oxygen atoms in total. The molecule has 2 saturated heterocycles. The zero-order valence-corrected chi connectivity index (χ0v) is 12.3. The van der Waals surface area contributed by atoms with E-state index in [0.29, 0.717) is 0 Å². The molecule has 23 heavy (non-hydrogen) atoms. The smallest absolute Gasteiger partial charge is 0.176 e. The number of hydrogen-bond donors (Lipinski definition) is 8. The average Bonchev–Trinajstić information content (AvgIpc) is 2.55. The highest BCUT2D eigenvalue weighted by Gasteiger charge is 2.49. The Kier molecular flexibility index (Phi) is 6.27. The van der Waals surface area contributed by atoms with Crippen molar-refractivity contribution < 1.29 is 44.8 Å². The molecule has 0 aromatic rings. The SMILES string of the molecule is N[C@@H]1[C@@H](O)[C@@H](O[C@H]2O[C@H](CO)[C@H](O)[C@H](O)[C@H]2N)[C@@H](CO)O[C@@H]1O. The van der Waals surface area contributed by atoms with Crippen LogP contribution in [0.4, 0.5) is 0 Å². The second-order valence-electron chi connectivity index (χ2n) is 5.70. The first-order valence-corrected chi connectivity index (χ1v) is 7.23. The molecule has 0 amide bonds. The molecule has 10 N–H and O–H groups in total. The fourth-order valence-corrected chi connectivity index (χ4v) is 2.65. The summed E-state index contributed by atoms with van der Waals surface area (Å²) in [4.78, 5) is 0. The number of rotatable bonds is 4. The summed E-state index contributed by atoms with van der Waals surface area (Å²) >= 11 is 0. The van der Waals surface area contributed by atoms with E-state index in [9.17, 15) is 25.5 Å². The molecule has 10 atom stereocenters. The minimum absolute atomic E-state index is 0.581. The monoisotopic (exact) mass is 340 g/mol. The van der Waals surface area contributed by atoms with Crippen molar-refractivity contribution in [3.8, 4) is 0 Å². The van der Waals surface area contributed by atoms with Crippen LogP contribution in [0.15, 0.2) is 0 Å².